The standard InChI is InChI=1S/C11H23N3O4S/c1-10(2)12-19(16,17)14-8-6-13(7-9-14)5-4-11(15)18-3/h10,12H,4-9H2,1-3H3. The van der Waals surface area contributed by atoms with E-state index < -0.39 is 10.2 Å². The van der Waals surface area contributed by atoms with Crippen LogP contribution < -0.4 is 4.72 Å². The molecule has 0 amide bonds. The van der Waals surface area contributed by atoms with Crippen LogP contribution in [0.4, 0.5) is 0 Å². The number of rotatable bonds is 6. The molecule has 1 fully saturated rings. The maximum atomic E-state index is 11.9. The fourth-order valence-corrected chi connectivity index (χ4v) is 3.31. The van der Waals surface area contributed by atoms with Crippen LogP contribution in [0.2, 0.25) is 0 Å². The van der Waals surface area contributed by atoms with Crippen molar-refractivity contribution in [1.29, 1.82) is 0 Å². The summed E-state index contributed by atoms with van der Waals surface area (Å²) in [7, 11) is -2.01. The molecule has 0 aromatic heterocycles. The van der Waals surface area contributed by atoms with Crippen LogP contribution in [0.3, 0.4) is 0 Å². The summed E-state index contributed by atoms with van der Waals surface area (Å²) in [5, 5.41) is 0. The molecule has 0 aromatic carbocycles. The topological polar surface area (TPSA) is 79.0 Å². The van der Waals surface area contributed by atoms with E-state index in [1.54, 1.807) is 13.8 Å². The molecule has 1 rings (SSSR count). The Hall–Kier alpha value is -0.700. The van der Waals surface area contributed by atoms with Gasteiger partial charge in [-0.2, -0.15) is 17.4 Å². The summed E-state index contributed by atoms with van der Waals surface area (Å²) in [6.07, 6.45) is 0.341. The zero-order chi connectivity index (χ0) is 14.5. The summed E-state index contributed by atoms with van der Waals surface area (Å²) in [6, 6.07) is -0.109. The van der Waals surface area contributed by atoms with Crippen LogP contribution in [-0.4, -0.2) is 69.5 Å². The molecule has 0 aliphatic carbocycles. The van der Waals surface area contributed by atoms with E-state index >= 15 is 0 Å². The molecule has 1 heterocycles. The molecule has 1 saturated heterocycles. The number of piperazine rings is 1. The van der Waals surface area contributed by atoms with Crippen molar-refractivity contribution in [2.75, 3.05) is 39.8 Å². The zero-order valence-electron chi connectivity index (χ0n) is 11.8. The molecule has 0 bridgehead atoms. The molecule has 0 atom stereocenters. The number of esters is 1. The number of nitrogens with one attached hydrogen (secondary N) is 1. The van der Waals surface area contributed by atoms with Crippen LogP contribution in [0, 0.1) is 0 Å². The first-order valence-electron chi connectivity index (χ1n) is 6.41. The third-order valence-electron chi connectivity index (χ3n) is 2.92. The highest BCUT2D eigenvalue weighted by Gasteiger charge is 2.27. The minimum atomic E-state index is -3.38. The van der Waals surface area contributed by atoms with Crippen molar-refractivity contribution in [1.82, 2.24) is 13.9 Å². The van der Waals surface area contributed by atoms with Gasteiger partial charge in [0.1, 0.15) is 0 Å². The predicted octanol–water partition coefficient (Wildman–Crippen LogP) is -0.590. The van der Waals surface area contributed by atoms with E-state index in [4.69, 9.17) is 0 Å². The van der Waals surface area contributed by atoms with Crippen LogP contribution in [0.25, 0.3) is 0 Å². The minimum absolute atomic E-state index is 0.109. The average Bonchev–Trinajstić information content (AvgIpc) is 2.35. The number of methoxy groups -OCH3 is 1. The second-order valence-corrected chi connectivity index (χ2v) is 6.55. The van der Waals surface area contributed by atoms with Crippen molar-refractivity contribution < 1.29 is 17.9 Å². The van der Waals surface area contributed by atoms with E-state index in [0.717, 1.165) is 0 Å². The van der Waals surface area contributed by atoms with Crippen molar-refractivity contribution >= 4 is 16.2 Å². The Balaban J connectivity index is 2.38. The summed E-state index contributed by atoms with van der Waals surface area (Å²) in [4.78, 5) is 13.1. The van der Waals surface area contributed by atoms with Crippen LogP contribution in [0.15, 0.2) is 0 Å². The SMILES string of the molecule is COC(=O)CCN1CCN(S(=O)(=O)NC(C)C)CC1. The Morgan fingerprint density at radius 3 is 2.32 bits per heavy atom. The van der Waals surface area contributed by atoms with Crippen LogP contribution in [0.5, 0.6) is 0 Å². The van der Waals surface area contributed by atoms with Crippen molar-refractivity contribution in [3.05, 3.63) is 0 Å². The molecule has 1 aliphatic rings. The molecule has 0 saturated carbocycles. The maximum Gasteiger partial charge on any atom is 0.306 e. The number of nitrogens with zero attached hydrogens (tertiary/aromatic N) is 2. The van der Waals surface area contributed by atoms with Gasteiger partial charge in [-0.15, -0.1) is 0 Å². The molecule has 0 unspecified atom stereocenters. The molecule has 19 heavy (non-hydrogen) atoms. The molecular formula is C11H23N3O4S. The molecule has 0 spiro atoms. The van der Waals surface area contributed by atoms with E-state index in [2.05, 4.69) is 14.4 Å². The molecular weight excluding hydrogens is 270 g/mol. The number of ether oxygens (including phenoxy) is 1. The third kappa shape index (κ3) is 5.43. The number of carbonyl (C=O) groups is 1. The third-order valence-corrected chi connectivity index (χ3v) is 4.73. The van der Waals surface area contributed by atoms with E-state index in [0.29, 0.717) is 39.1 Å². The first kappa shape index (κ1) is 16.4. The van der Waals surface area contributed by atoms with E-state index in [-0.39, 0.29) is 12.0 Å². The highest BCUT2D eigenvalue weighted by Crippen LogP contribution is 2.07. The molecule has 1 N–H and O–H groups in total. The molecule has 1 aliphatic heterocycles. The summed E-state index contributed by atoms with van der Waals surface area (Å²) < 4.78 is 32.5. The number of hydrogen-bond acceptors (Lipinski definition) is 5. The highest BCUT2D eigenvalue weighted by atomic mass is 32.2. The largest absolute Gasteiger partial charge is 0.469 e. The fraction of sp³-hybridized carbons (Fsp3) is 0.909. The fourth-order valence-electron chi connectivity index (χ4n) is 1.92. The normalized spacial score (nSPS) is 18.7. The van der Waals surface area contributed by atoms with Crippen molar-refractivity contribution in [3.8, 4) is 0 Å². The maximum absolute atomic E-state index is 11.9. The monoisotopic (exact) mass is 293 g/mol. The molecule has 112 valence electrons. The zero-order valence-corrected chi connectivity index (χ0v) is 12.6. The molecule has 0 aromatic rings. The first-order chi connectivity index (χ1) is 8.85. The second-order valence-electron chi connectivity index (χ2n) is 4.84. The lowest BCUT2D eigenvalue weighted by Crippen LogP contribution is -2.53. The van der Waals surface area contributed by atoms with E-state index in [1.165, 1.54) is 11.4 Å². The smallest absolute Gasteiger partial charge is 0.306 e. The Morgan fingerprint density at radius 1 is 1.26 bits per heavy atom. The van der Waals surface area contributed by atoms with Crippen molar-refractivity contribution in [2.45, 2.75) is 26.3 Å². The van der Waals surface area contributed by atoms with Gasteiger partial charge in [0.15, 0.2) is 0 Å². The van der Waals surface area contributed by atoms with Gasteiger partial charge in [-0.3, -0.25) is 4.79 Å². The lowest BCUT2D eigenvalue weighted by Gasteiger charge is -2.34. The van der Waals surface area contributed by atoms with Crippen LogP contribution in [-0.2, 0) is 19.7 Å². The molecule has 8 heteroatoms. The number of carbonyl (C=O) groups excluding carboxylic acids is 1. The average molecular weight is 293 g/mol. The van der Waals surface area contributed by atoms with E-state index in [1.807, 2.05) is 0 Å². The van der Waals surface area contributed by atoms with Gasteiger partial charge < -0.3 is 9.64 Å². The van der Waals surface area contributed by atoms with Gasteiger partial charge in [0, 0.05) is 38.8 Å². The van der Waals surface area contributed by atoms with Gasteiger partial charge in [-0.25, -0.2) is 0 Å². The Labute approximate surface area is 115 Å². The van der Waals surface area contributed by atoms with Crippen LogP contribution >= 0.6 is 0 Å². The Bertz CT molecular complexity index is 389. The van der Waals surface area contributed by atoms with Gasteiger partial charge in [-0.1, -0.05) is 0 Å². The van der Waals surface area contributed by atoms with Crippen molar-refractivity contribution in [2.24, 2.45) is 0 Å². The minimum Gasteiger partial charge on any atom is -0.469 e. The van der Waals surface area contributed by atoms with Gasteiger partial charge in [0.2, 0.25) is 0 Å². The summed E-state index contributed by atoms with van der Waals surface area (Å²) in [6.45, 7) is 6.37. The van der Waals surface area contributed by atoms with Gasteiger partial charge in [0.05, 0.1) is 13.5 Å². The lowest BCUT2D eigenvalue weighted by molar-refractivity contribution is -0.141. The van der Waals surface area contributed by atoms with Gasteiger partial charge >= 0.3 is 5.97 Å². The summed E-state index contributed by atoms with van der Waals surface area (Å²) >= 11 is 0. The highest BCUT2D eigenvalue weighted by molar-refractivity contribution is 7.87. The predicted molar refractivity (Wildman–Crippen MR) is 71.8 cm³/mol. The molecule has 7 nitrogen and oxygen atoms in total. The lowest BCUT2D eigenvalue weighted by atomic mass is 10.3. The van der Waals surface area contributed by atoms with Crippen LogP contribution in [0.1, 0.15) is 20.3 Å². The second kappa shape index (κ2) is 7.18. The van der Waals surface area contributed by atoms with Gasteiger partial charge in [-0.05, 0) is 13.8 Å². The van der Waals surface area contributed by atoms with Gasteiger partial charge in [0.25, 0.3) is 10.2 Å². The van der Waals surface area contributed by atoms with E-state index in [9.17, 15) is 13.2 Å². The molecule has 0 radical (unpaired) electrons. The number of hydrogen-bond donors (Lipinski definition) is 1. The van der Waals surface area contributed by atoms with Crippen molar-refractivity contribution in [3.63, 3.8) is 0 Å². The quantitative estimate of drug-likeness (QED) is 0.662. The Kier molecular flexibility index (Phi) is 6.18. The summed E-state index contributed by atoms with van der Waals surface area (Å²) in [5.41, 5.74) is 0. The first-order valence-corrected chi connectivity index (χ1v) is 7.85. The Morgan fingerprint density at radius 2 is 1.84 bits per heavy atom. The summed E-state index contributed by atoms with van der Waals surface area (Å²) in [5.74, 6) is -0.239.